The lowest BCUT2D eigenvalue weighted by Crippen LogP contribution is -2.32. The molecule has 1 aliphatic rings. The predicted molar refractivity (Wildman–Crippen MR) is 112 cm³/mol. The topological polar surface area (TPSA) is 69.7 Å². The number of benzene rings is 2. The van der Waals surface area contributed by atoms with Crippen LogP contribution in [0.2, 0.25) is 0 Å². The SMILES string of the molecule is Cc1ccc(NC(=O)c2cc(S(=O)(=O)N(C)C)ccc2N2CCCCC2)cc1F. The Hall–Kier alpha value is -2.45. The Balaban J connectivity index is 2.02. The van der Waals surface area contributed by atoms with Gasteiger partial charge in [0.2, 0.25) is 10.0 Å². The van der Waals surface area contributed by atoms with Gasteiger partial charge in [0.25, 0.3) is 5.91 Å². The second-order valence-electron chi connectivity index (χ2n) is 7.43. The number of hydrogen-bond acceptors (Lipinski definition) is 4. The molecule has 1 aliphatic heterocycles. The first kappa shape index (κ1) is 21.3. The molecular formula is C21H26FN3O3S. The first-order valence-corrected chi connectivity index (χ1v) is 11.0. The highest BCUT2D eigenvalue weighted by atomic mass is 32.2. The normalized spacial score (nSPS) is 14.9. The fourth-order valence-corrected chi connectivity index (χ4v) is 4.28. The van der Waals surface area contributed by atoms with Gasteiger partial charge < -0.3 is 10.2 Å². The van der Waals surface area contributed by atoms with E-state index < -0.39 is 21.7 Å². The smallest absolute Gasteiger partial charge is 0.257 e. The molecule has 29 heavy (non-hydrogen) atoms. The Kier molecular flexibility index (Phi) is 6.24. The third-order valence-corrected chi connectivity index (χ3v) is 6.93. The van der Waals surface area contributed by atoms with Crippen molar-refractivity contribution in [3.8, 4) is 0 Å². The summed E-state index contributed by atoms with van der Waals surface area (Å²) in [6, 6.07) is 9.09. The fraction of sp³-hybridized carbons (Fsp3) is 0.381. The molecule has 2 aromatic rings. The van der Waals surface area contributed by atoms with Crippen LogP contribution in [0.15, 0.2) is 41.3 Å². The van der Waals surface area contributed by atoms with Crippen LogP contribution < -0.4 is 10.2 Å². The number of amides is 1. The maximum atomic E-state index is 13.9. The third kappa shape index (κ3) is 4.59. The number of hydrogen-bond donors (Lipinski definition) is 1. The van der Waals surface area contributed by atoms with Gasteiger partial charge in [-0.05, 0) is 62.1 Å². The molecule has 1 fully saturated rings. The number of carbonyl (C=O) groups is 1. The van der Waals surface area contributed by atoms with E-state index in [2.05, 4.69) is 10.2 Å². The standard InChI is InChI=1S/C21H26FN3O3S/c1-15-7-8-16(13-19(15)22)23-21(26)18-14-17(29(27,28)24(2)3)9-10-20(18)25-11-5-4-6-12-25/h7-10,13-14H,4-6,11-12H2,1-3H3,(H,23,26). The highest BCUT2D eigenvalue weighted by molar-refractivity contribution is 7.89. The highest BCUT2D eigenvalue weighted by Gasteiger charge is 2.24. The highest BCUT2D eigenvalue weighted by Crippen LogP contribution is 2.29. The van der Waals surface area contributed by atoms with E-state index in [0.29, 0.717) is 16.9 Å². The third-order valence-electron chi connectivity index (χ3n) is 5.12. The number of aryl methyl sites for hydroxylation is 1. The van der Waals surface area contributed by atoms with Crippen LogP contribution >= 0.6 is 0 Å². The van der Waals surface area contributed by atoms with Crippen LogP contribution in [0.3, 0.4) is 0 Å². The van der Waals surface area contributed by atoms with Crippen LogP contribution in [0, 0.1) is 12.7 Å². The zero-order valence-electron chi connectivity index (χ0n) is 16.9. The summed E-state index contributed by atoms with van der Waals surface area (Å²) in [7, 11) is -0.797. The molecule has 0 unspecified atom stereocenters. The largest absolute Gasteiger partial charge is 0.371 e. The molecule has 1 saturated heterocycles. The van der Waals surface area contributed by atoms with E-state index in [1.807, 2.05) is 0 Å². The van der Waals surface area contributed by atoms with Crippen molar-refractivity contribution in [2.45, 2.75) is 31.1 Å². The summed E-state index contributed by atoms with van der Waals surface area (Å²) < 4.78 is 40.1. The lowest BCUT2D eigenvalue weighted by atomic mass is 10.1. The average molecular weight is 420 g/mol. The molecule has 0 radical (unpaired) electrons. The van der Waals surface area contributed by atoms with Gasteiger partial charge in [0.05, 0.1) is 10.5 Å². The number of nitrogens with one attached hydrogen (secondary N) is 1. The first-order valence-electron chi connectivity index (χ1n) is 9.59. The van der Waals surface area contributed by atoms with E-state index >= 15 is 0 Å². The van der Waals surface area contributed by atoms with Crippen molar-refractivity contribution in [1.82, 2.24) is 4.31 Å². The number of sulfonamides is 1. The summed E-state index contributed by atoms with van der Waals surface area (Å²) in [4.78, 5) is 15.2. The van der Waals surface area contributed by atoms with E-state index in [-0.39, 0.29) is 10.5 Å². The minimum absolute atomic E-state index is 0.0449. The quantitative estimate of drug-likeness (QED) is 0.804. The number of nitrogens with zero attached hydrogens (tertiary/aromatic N) is 2. The van der Waals surface area contributed by atoms with Gasteiger partial charge in [-0.1, -0.05) is 6.07 Å². The Morgan fingerprint density at radius 3 is 2.38 bits per heavy atom. The molecule has 3 rings (SSSR count). The van der Waals surface area contributed by atoms with Crippen LogP contribution in [0.5, 0.6) is 0 Å². The molecule has 0 bridgehead atoms. The Morgan fingerprint density at radius 2 is 1.76 bits per heavy atom. The molecule has 1 N–H and O–H groups in total. The monoisotopic (exact) mass is 419 g/mol. The van der Waals surface area contributed by atoms with Crippen molar-refractivity contribution in [3.05, 3.63) is 53.3 Å². The second-order valence-corrected chi connectivity index (χ2v) is 9.58. The minimum atomic E-state index is -3.69. The van der Waals surface area contributed by atoms with Gasteiger partial charge in [-0.15, -0.1) is 0 Å². The van der Waals surface area contributed by atoms with Gasteiger partial charge in [0.15, 0.2) is 0 Å². The van der Waals surface area contributed by atoms with E-state index in [9.17, 15) is 17.6 Å². The maximum Gasteiger partial charge on any atom is 0.257 e. The zero-order chi connectivity index (χ0) is 21.2. The van der Waals surface area contributed by atoms with Crippen molar-refractivity contribution >= 4 is 27.3 Å². The summed E-state index contributed by atoms with van der Waals surface area (Å²) in [5, 5.41) is 2.70. The molecule has 2 aromatic carbocycles. The first-order chi connectivity index (χ1) is 13.7. The molecule has 0 spiro atoms. The van der Waals surface area contributed by atoms with Crippen LogP contribution in [-0.2, 0) is 10.0 Å². The van der Waals surface area contributed by atoms with Crippen molar-refractivity contribution in [1.29, 1.82) is 0 Å². The summed E-state index contributed by atoms with van der Waals surface area (Å²) in [5.74, 6) is -0.882. The zero-order valence-corrected chi connectivity index (χ0v) is 17.7. The van der Waals surface area contributed by atoms with Gasteiger partial charge in [-0.2, -0.15) is 0 Å². The molecule has 1 heterocycles. The van der Waals surface area contributed by atoms with Gasteiger partial charge >= 0.3 is 0 Å². The van der Waals surface area contributed by atoms with Crippen molar-refractivity contribution in [2.75, 3.05) is 37.4 Å². The fourth-order valence-electron chi connectivity index (χ4n) is 3.35. The molecular weight excluding hydrogens is 393 g/mol. The molecule has 0 aromatic heterocycles. The number of halogens is 1. The van der Waals surface area contributed by atoms with Gasteiger partial charge in [-0.3, -0.25) is 4.79 Å². The van der Waals surface area contributed by atoms with Crippen molar-refractivity contribution in [3.63, 3.8) is 0 Å². The van der Waals surface area contributed by atoms with E-state index in [1.54, 1.807) is 25.1 Å². The summed E-state index contributed by atoms with van der Waals surface area (Å²) >= 11 is 0. The molecule has 8 heteroatoms. The van der Waals surface area contributed by atoms with Gasteiger partial charge in [0, 0.05) is 38.6 Å². The summed E-state index contributed by atoms with van der Waals surface area (Å²) in [6.45, 7) is 3.25. The lowest BCUT2D eigenvalue weighted by Gasteiger charge is -2.30. The lowest BCUT2D eigenvalue weighted by molar-refractivity contribution is 0.102. The van der Waals surface area contributed by atoms with Crippen LogP contribution in [-0.4, -0.2) is 45.8 Å². The molecule has 156 valence electrons. The molecule has 0 atom stereocenters. The number of rotatable bonds is 5. The molecule has 1 amide bonds. The number of anilines is 2. The number of piperidine rings is 1. The summed E-state index contributed by atoms with van der Waals surface area (Å²) in [5.41, 5.74) is 1.75. The Bertz CT molecular complexity index is 1020. The second kappa shape index (κ2) is 8.51. The van der Waals surface area contributed by atoms with Gasteiger partial charge in [0.1, 0.15) is 5.82 Å². The van der Waals surface area contributed by atoms with Gasteiger partial charge in [-0.25, -0.2) is 17.1 Å². The number of carbonyl (C=O) groups excluding carboxylic acids is 1. The van der Waals surface area contributed by atoms with E-state index in [0.717, 1.165) is 36.7 Å². The summed E-state index contributed by atoms with van der Waals surface area (Å²) in [6.07, 6.45) is 3.16. The van der Waals surface area contributed by atoms with Crippen LogP contribution in [0.25, 0.3) is 0 Å². The molecule has 6 nitrogen and oxygen atoms in total. The Morgan fingerprint density at radius 1 is 1.07 bits per heavy atom. The van der Waals surface area contributed by atoms with Crippen LogP contribution in [0.4, 0.5) is 15.8 Å². The van der Waals surface area contributed by atoms with E-state index in [1.165, 1.54) is 32.3 Å². The minimum Gasteiger partial charge on any atom is -0.371 e. The molecule has 0 aliphatic carbocycles. The molecule has 0 saturated carbocycles. The average Bonchev–Trinajstić information content (AvgIpc) is 2.70. The Labute approximate surface area is 171 Å². The maximum absolute atomic E-state index is 13.9. The van der Waals surface area contributed by atoms with Crippen molar-refractivity contribution in [2.24, 2.45) is 0 Å². The van der Waals surface area contributed by atoms with E-state index in [4.69, 9.17) is 0 Å². The predicted octanol–water partition coefficient (Wildman–Crippen LogP) is 3.63. The van der Waals surface area contributed by atoms with Crippen molar-refractivity contribution < 1.29 is 17.6 Å². The van der Waals surface area contributed by atoms with Crippen LogP contribution in [0.1, 0.15) is 35.2 Å².